The van der Waals surface area contributed by atoms with Gasteiger partial charge < -0.3 is 4.42 Å². The Morgan fingerprint density at radius 2 is 1.64 bits per heavy atom. The first-order chi connectivity index (χ1) is 16.0. The lowest BCUT2D eigenvalue weighted by molar-refractivity contribution is -0.384. The smallest absolute Gasteiger partial charge is 0.270 e. The van der Waals surface area contributed by atoms with E-state index >= 15 is 0 Å². The SMILES string of the molecule is O=C(NN=Cc1ccc(-c2cc([N+](=O)[O-])ccc2Cl)o1)C1c2ccccc2-c2ccccc21. The molecule has 0 spiro atoms. The number of hydrogen-bond acceptors (Lipinski definition) is 5. The summed E-state index contributed by atoms with van der Waals surface area (Å²) in [5, 5.41) is 15.4. The number of nitrogens with one attached hydrogen (secondary N) is 1. The number of halogens is 1. The summed E-state index contributed by atoms with van der Waals surface area (Å²) in [6.07, 6.45) is 1.37. The van der Waals surface area contributed by atoms with Crippen LogP contribution in [0.15, 0.2) is 88.4 Å². The molecular formula is C25H16ClN3O4. The van der Waals surface area contributed by atoms with Crippen molar-refractivity contribution in [1.82, 2.24) is 5.43 Å². The molecule has 4 aromatic rings. The summed E-state index contributed by atoms with van der Waals surface area (Å²) in [6, 6.07) is 23.0. The minimum absolute atomic E-state index is 0.0922. The fraction of sp³-hybridized carbons (Fsp3) is 0.0400. The molecule has 0 atom stereocenters. The van der Waals surface area contributed by atoms with Gasteiger partial charge in [0, 0.05) is 17.7 Å². The Morgan fingerprint density at radius 1 is 0.970 bits per heavy atom. The van der Waals surface area contributed by atoms with Crippen molar-refractivity contribution in [3.05, 3.63) is 111 Å². The molecule has 7 nitrogen and oxygen atoms in total. The molecule has 1 N–H and O–H groups in total. The highest BCUT2D eigenvalue weighted by atomic mass is 35.5. The molecule has 5 rings (SSSR count). The third kappa shape index (κ3) is 3.79. The summed E-state index contributed by atoms with van der Waals surface area (Å²) >= 11 is 6.17. The van der Waals surface area contributed by atoms with Gasteiger partial charge in [0.25, 0.3) is 11.6 Å². The number of benzene rings is 3. The first-order valence-corrected chi connectivity index (χ1v) is 10.5. The average molecular weight is 458 g/mol. The van der Waals surface area contributed by atoms with E-state index in [1.165, 1.54) is 24.4 Å². The van der Waals surface area contributed by atoms with Gasteiger partial charge in [0.05, 0.1) is 22.1 Å². The largest absolute Gasteiger partial charge is 0.455 e. The zero-order valence-electron chi connectivity index (χ0n) is 17.1. The molecule has 8 heteroatoms. The number of fused-ring (bicyclic) bond motifs is 3. The Balaban J connectivity index is 1.34. The van der Waals surface area contributed by atoms with Crippen molar-refractivity contribution in [3.63, 3.8) is 0 Å². The Morgan fingerprint density at radius 3 is 2.30 bits per heavy atom. The summed E-state index contributed by atoms with van der Waals surface area (Å²) in [7, 11) is 0. The Labute approximate surface area is 193 Å². The van der Waals surface area contributed by atoms with Crippen LogP contribution in [0.4, 0.5) is 5.69 Å². The summed E-state index contributed by atoms with van der Waals surface area (Å²) < 4.78 is 5.70. The summed E-state index contributed by atoms with van der Waals surface area (Å²) in [4.78, 5) is 23.5. The number of hydrogen-bond donors (Lipinski definition) is 1. The molecule has 0 saturated carbocycles. The number of nitrogens with zero attached hydrogens (tertiary/aromatic N) is 2. The highest BCUT2D eigenvalue weighted by Gasteiger charge is 2.33. The van der Waals surface area contributed by atoms with E-state index < -0.39 is 10.8 Å². The van der Waals surface area contributed by atoms with Crippen LogP contribution >= 0.6 is 11.6 Å². The zero-order valence-corrected chi connectivity index (χ0v) is 17.8. The number of furan rings is 1. The van der Waals surface area contributed by atoms with Gasteiger partial charge >= 0.3 is 0 Å². The molecule has 33 heavy (non-hydrogen) atoms. The highest BCUT2D eigenvalue weighted by Crippen LogP contribution is 2.44. The summed E-state index contributed by atoms with van der Waals surface area (Å²) in [6.45, 7) is 0. The number of non-ortho nitro benzene ring substituents is 1. The fourth-order valence-electron chi connectivity index (χ4n) is 4.04. The molecule has 3 aromatic carbocycles. The van der Waals surface area contributed by atoms with Gasteiger partial charge in [0.2, 0.25) is 0 Å². The van der Waals surface area contributed by atoms with Crippen molar-refractivity contribution in [1.29, 1.82) is 0 Å². The van der Waals surface area contributed by atoms with Crippen LogP contribution in [0.3, 0.4) is 0 Å². The minimum atomic E-state index is -0.500. The van der Waals surface area contributed by atoms with Gasteiger partial charge in [-0.2, -0.15) is 5.10 Å². The summed E-state index contributed by atoms with van der Waals surface area (Å²) in [5.74, 6) is 0.0118. The third-order valence-electron chi connectivity index (χ3n) is 5.52. The normalized spacial score (nSPS) is 12.5. The molecular weight excluding hydrogens is 442 g/mol. The Kier molecular flexibility index (Phi) is 5.24. The van der Waals surface area contributed by atoms with Crippen molar-refractivity contribution < 1.29 is 14.1 Å². The second-order valence-corrected chi connectivity index (χ2v) is 7.87. The number of hydrazone groups is 1. The second-order valence-electron chi connectivity index (χ2n) is 7.47. The quantitative estimate of drug-likeness (QED) is 0.233. The summed E-state index contributed by atoms with van der Waals surface area (Å²) in [5.41, 5.74) is 6.86. The van der Waals surface area contributed by atoms with Crippen molar-refractivity contribution in [3.8, 4) is 22.5 Å². The van der Waals surface area contributed by atoms with Gasteiger partial charge in [-0.05, 0) is 40.5 Å². The Hall–Kier alpha value is -4.23. The van der Waals surface area contributed by atoms with Crippen molar-refractivity contribution in [2.24, 2.45) is 5.10 Å². The lowest BCUT2D eigenvalue weighted by Gasteiger charge is -2.11. The Bertz CT molecular complexity index is 1380. The molecule has 162 valence electrons. The number of carbonyl (C=O) groups is 1. The van der Waals surface area contributed by atoms with Crippen LogP contribution < -0.4 is 5.43 Å². The lowest BCUT2D eigenvalue weighted by Crippen LogP contribution is -2.24. The minimum Gasteiger partial charge on any atom is -0.455 e. The topological polar surface area (TPSA) is 97.7 Å². The van der Waals surface area contributed by atoms with Crippen molar-refractivity contribution >= 4 is 29.4 Å². The molecule has 1 aromatic heterocycles. The van der Waals surface area contributed by atoms with Crippen molar-refractivity contribution in [2.45, 2.75) is 5.92 Å². The number of nitro groups is 1. The molecule has 0 aliphatic heterocycles. The monoisotopic (exact) mass is 457 g/mol. The van der Waals surface area contributed by atoms with Crippen LogP contribution in [-0.2, 0) is 4.79 Å². The van der Waals surface area contributed by atoms with E-state index in [4.69, 9.17) is 16.0 Å². The predicted octanol–water partition coefficient (Wildman–Crippen LogP) is 5.77. The van der Waals surface area contributed by atoms with Crippen LogP contribution in [0, 0.1) is 10.1 Å². The van der Waals surface area contributed by atoms with Crippen LogP contribution in [0.25, 0.3) is 22.5 Å². The molecule has 0 radical (unpaired) electrons. The first-order valence-electron chi connectivity index (χ1n) is 10.1. The number of rotatable bonds is 5. The van der Waals surface area contributed by atoms with E-state index in [1.54, 1.807) is 12.1 Å². The van der Waals surface area contributed by atoms with Gasteiger partial charge in [-0.3, -0.25) is 14.9 Å². The number of amides is 1. The van der Waals surface area contributed by atoms with E-state index in [2.05, 4.69) is 10.5 Å². The molecule has 1 heterocycles. The van der Waals surface area contributed by atoms with Crippen LogP contribution in [0.2, 0.25) is 5.02 Å². The van der Waals surface area contributed by atoms with Gasteiger partial charge in [-0.1, -0.05) is 60.1 Å². The van der Waals surface area contributed by atoms with E-state index in [9.17, 15) is 14.9 Å². The zero-order chi connectivity index (χ0) is 22.9. The third-order valence-corrected chi connectivity index (χ3v) is 5.85. The molecule has 0 unspecified atom stereocenters. The van der Waals surface area contributed by atoms with Gasteiger partial charge in [0.1, 0.15) is 11.5 Å². The van der Waals surface area contributed by atoms with E-state index in [0.717, 1.165) is 22.3 Å². The van der Waals surface area contributed by atoms with Crippen molar-refractivity contribution in [2.75, 3.05) is 0 Å². The lowest BCUT2D eigenvalue weighted by atomic mass is 9.96. The first kappa shape index (κ1) is 20.7. The number of nitro benzene ring substituents is 1. The predicted molar refractivity (Wildman–Crippen MR) is 125 cm³/mol. The van der Waals surface area contributed by atoms with E-state index in [0.29, 0.717) is 22.1 Å². The average Bonchev–Trinajstić information content (AvgIpc) is 3.42. The molecule has 1 aliphatic rings. The second kappa shape index (κ2) is 8.37. The molecule has 1 amide bonds. The van der Waals surface area contributed by atoms with Crippen LogP contribution in [0.5, 0.6) is 0 Å². The standard InChI is InChI=1S/C25H16ClN3O4/c26-22-11-9-15(29(31)32)13-21(22)23-12-10-16(33-23)14-27-28-25(30)24-19-7-3-1-5-17(19)18-6-2-4-8-20(18)24/h1-14,24H,(H,28,30). The maximum atomic E-state index is 13.0. The van der Waals surface area contributed by atoms with Crippen LogP contribution in [0.1, 0.15) is 22.8 Å². The van der Waals surface area contributed by atoms with Gasteiger partial charge in [0.15, 0.2) is 0 Å². The van der Waals surface area contributed by atoms with E-state index in [1.807, 2.05) is 48.5 Å². The maximum Gasteiger partial charge on any atom is 0.270 e. The highest BCUT2D eigenvalue weighted by molar-refractivity contribution is 6.33. The van der Waals surface area contributed by atoms with Gasteiger partial charge in [-0.25, -0.2) is 5.43 Å². The van der Waals surface area contributed by atoms with Crippen LogP contribution in [-0.4, -0.2) is 17.0 Å². The van der Waals surface area contributed by atoms with E-state index in [-0.39, 0.29) is 11.6 Å². The molecule has 1 aliphatic carbocycles. The number of carbonyl (C=O) groups excluding carboxylic acids is 1. The fourth-order valence-corrected chi connectivity index (χ4v) is 4.26. The molecule has 0 bridgehead atoms. The molecule has 0 fully saturated rings. The molecule has 0 saturated heterocycles. The maximum absolute atomic E-state index is 13.0. The van der Waals surface area contributed by atoms with Gasteiger partial charge in [-0.15, -0.1) is 0 Å².